The van der Waals surface area contributed by atoms with Gasteiger partial charge >= 0.3 is 0 Å². The lowest BCUT2D eigenvalue weighted by Gasteiger charge is -2.25. The fourth-order valence-corrected chi connectivity index (χ4v) is 2.08. The quantitative estimate of drug-likeness (QED) is 0.671. The first-order valence-corrected chi connectivity index (χ1v) is 4.92. The Labute approximate surface area is 79.3 Å². The zero-order chi connectivity index (χ0) is 9.10. The molecule has 2 nitrogen and oxygen atoms in total. The Balaban J connectivity index is 2.26. The van der Waals surface area contributed by atoms with Crippen LogP contribution in [0.15, 0.2) is 24.3 Å². The van der Waals surface area contributed by atoms with Crippen molar-refractivity contribution in [3.63, 3.8) is 0 Å². The number of fused-ring (bicyclic) bond motifs is 1. The topological polar surface area (TPSA) is 24.1 Å². The fourth-order valence-electron chi connectivity index (χ4n) is 2.08. The van der Waals surface area contributed by atoms with Crippen LogP contribution in [0.3, 0.4) is 0 Å². The summed E-state index contributed by atoms with van der Waals surface area (Å²) >= 11 is 0. The van der Waals surface area contributed by atoms with Gasteiger partial charge in [0.15, 0.2) is 0 Å². The number of hydrogen-bond acceptors (Lipinski definition) is 2. The Bertz CT molecular complexity index is 283. The van der Waals surface area contributed by atoms with E-state index in [4.69, 9.17) is 0 Å². The maximum Gasteiger partial charge on any atom is 0.0465 e. The average Bonchev–Trinajstić information content (AvgIpc) is 2.19. The highest BCUT2D eigenvalue weighted by Gasteiger charge is 2.18. The molecule has 13 heavy (non-hydrogen) atoms. The van der Waals surface area contributed by atoms with Gasteiger partial charge in [-0.25, -0.2) is 0 Å². The molecule has 70 valence electrons. The number of hydrazine groups is 1. The van der Waals surface area contributed by atoms with Crippen molar-refractivity contribution in [3.8, 4) is 0 Å². The van der Waals surface area contributed by atoms with E-state index in [0.717, 1.165) is 0 Å². The zero-order valence-electron chi connectivity index (χ0n) is 8.01. The number of aryl methyl sites for hydroxylation is 1. The highest BCUT2D eigenvalue weighted by Crippen LogP contribution is 2.28. The van der Waals surface area contributed by atoms with Crippen LogP contribution in [0.1, 0.15) is 30.0 Å². The van der Waals surface area contributed by atoms with Crippen molar-refractivity contribution in [1.29, 1.82) is 0 Å². The van der Waals surface area contributed by atoms with Gasteiger partial charge in [0.2, 0.25) is 0 Å². The predicted octanol–water partition coefficient (Wildman–Crippen LogP) is 1.79. The van der Waals surface area contributed by atoms with Crippen LogP contribution in [0, 0.1) is 0 Å². The Morgan fingerprint density at radius 1 is 1.31 bits per heavy atom. The predicted molar refractivity (Wildman–Crippen MR) is 54.3 cm³/mol. The van der Waals surface area contributed by atoms with E-state index < -0.39 is 0 Å². The molecule has 0 radical (unpaired) electrons. The molecule has 2 rings (SSSR count). The van der Waals surface area contributed by atoms with Crippen molar-refractivity contribution in [2.45, 2.75) is 25.3 Å². The highest BCUT2D eigenvalue weighted by atomic mass is 15.3. The Hall–Kier alpha value is -0.860. The molecule has 0 fully saturated rings. The van der Waals surface area contributed by atoms with Gasteiger partial charge in [0.05, 0.1) is 0 Å². The molecule has 2 heteroatoms. The fraction of sp³-hybridized carbons (Fsp3) is 0.455. The maximum absolute atomic E-state index is 3.29. The van der Waals surface area contributed by atoms with E-state index in [9.17, 15) is 0 Å². The monoisotopic (exact) mass is 176 g/mol. The van der Waals surface area contributed by atoms with Crippen LogP contribution in [-0.2, 0) is 6.42 Å². The van der Waals surface area contributed by atoms with Gasteiger partial charge in [-0.2, -0.15) is 0 Å². The van der Waals surface area contributed by atoms with Crippen LogP contribution in [0.5, 0.6) is 0 Å². The summed E-state index contributed by atoms with van der Waals surface area (Å²) in [5.74, 6) is 0. The van der Waals surface area contributed by atoms with Crippen molar-refractivity contribution in [2.75, 3.05) is 7.05 Å². The van der Waals surface area contributed by atoms with E-state index in [0.29, 0.717) is 6.04 Å². The van der Waals surface area contributed by atoms with Crippen LogP contribution < -0.4 is 10.9 Å². The minimum atomic E-state index is 0.495. The summed E-state index contributed by atoms with van der Waals surface area (Å²) in [6, 6.07) is 9.20. The van der Waals surface area contributed by atoms with Crippen LogP contribution in [0.2, 0.25) is 0 Å². The molecule has 0 saturated heterocycles. The first-order chi connectivity index (χ1) is 6.42. The SMILES string of the molecule is CNNC1CCCc2ccccc21. The van der Waals surface area contributed by atoms with Gasteiger partial charge in [0.25, 0.3) is 0 Å². The molecular formula is C11H16N2. The number of benzene rings is 1. The Morgan fingerprint density at radius 2 is 2.15 bits per heavy atom. The Kier molecular flexibility index (Phi) is 2.62. The third-order valence-electron chi connectivity index (χ3n) is 2.69. The molecule has 0 heterocycles. The highest BCUT2D eigenvalue weighted by molar-refractivity contribution is 5.31. The van der Waals surface area contributed by atoms with E-state index in [-0.39, 0.29) is 0 Å². The van der Waals surface area contributed by atoms with E-state index in [1.807, 2.05) is 7.05 Å². The minimum Gasteiger partial charge on any atom is -0.260 e. The first kappa shape index (κ1) is 8.73. The van der Waals surface area contributed by atoms with Crippen LogP contribution in [0.4, 0.5) is 0 Å². The van der Waals surface area contributed by atoms with Gasteiger partial charge in [-0.1, -0.05) is 24.3 Å². The third kappa shape index (κ3) is 1.74. The minimum absolute atomic E-state index is 0.495. The summed E-state index contributed by atoms with van der Waals surface area (Å²) in [4.78, 5) is 0. The average molecular weight is 176 g/mol. The van der Waals surface area contributed by atoms with Gasteiger partial charge < -0.3 is 0 Å². The summed E-state index contributed by atoms with van der Waals surface area (Å²) in [6.45, 7) is 0. The van der Waals surface area contributed by atoms with Crippen molar-refractivity contribution in [1.82, 2.24) is 10.9 Å². The second kappa shape index (κ2) is 3.90. The van der Waals surface area contributed by atoms with Gasteiger partial charge in [0, 0.05) is 6.04 Å². The van der Waals surface area contributed by atoms with Gasteiger partial charge in [-0.05, 0) is 37.4 Å². The molecule has 1 aromatic carbocycles. The number of nitrogens with one attached hydrogen (secondary N) is 2. The second-order valence-electron chi connectivity index (χ2n) is 3.54. The lowest BCUT2D eigenvalue weighted by atomic mass is 9.88. The second-order valence-corrected chi connectivity index (χ2v) is 3.54. The lowest BCUT2D eigenvalue weighted by molar-refractivity contribution is 0.419. The molecule has 0 saturated carbocycles. The summed E-state index contributed by atoms with van der Waals surface area (Å²) < 4.78 is 0. The van der Waals surface area contributed by atoms with Crippen LogP contribution in [-0.4, -0.2) is 7.05 Å². The number of hydrogen-bond donors (Lipinski definition) is 2. The summed E-state index contributed by atoms with van der Waals surface area (Å²) in [7, 11) is 1.93. The Morgan fingerprint density at radius 3 is 3.00 bits per heavy atom. The largest absolute Gasteiger partial charge is 0.260 e. The molecule has 0 bridgehead atoms. The molecule has 1 unspecified atom stereocenters. The normalized spacial score (nSPS) is 21.2. The third-order valence-corrected chi connectivity index (χ3v) is 2.69. The van der Waals surface area contributed by atoms with E-state index in [2.05, 4.69) is 35.1 Å². The molecule has 1 aliphatic rings. The lowest BCUT2D eigenvalue weighted by Crippen LogP contribution is -2.34. The van der Waals surface area contributed by atoms with E-state index in [1.54, 1.807) is 0 Å². The number of rotatable bonds is 2. The zero-order valence-corrected chi connectivity index (χ0v) is 8.01. The van der Waals surface area contributed by atoms with Crippen molar-refractivity contribution in [3.05, 3.63) is 35.4 Å². The summed E-state index contributed by atoms with van der Waals surface area (Å²) in [5, 5.41) is 0. The smallest absolute Gasteiger partial charge is 0.0465 e. The molecule has 1 aliphatic carbocycles. The van der Waals surface area contributed by atoms with E-state index >= 15 is 0 Å². The standard InChI is InChI=1S/C11H16N2/c1-12-13-11-8-4-6-9-5-2-3-7-10(9)11/h2-3,5,7,11-13H,4,6,8H2,1H3. The molecule has 0 aliphatic heterocycles. The first-order valence-electron chi connectivity index (χ1n) is 4.92. The van der Waals surface area contributed by atoms with Crippen molar-refractivity contribution in [2.24, 2.45) is 0 Å². The molecule has 0 spiro atoms. The summed E-state index contributed by atoms with van der Waals surface area (Å²) in [5.41, 5.74) is 9.28. The van der Waals surface area contributed by atoms with Crippen molar-refractivity contribution < 1.29 is 0 Å². The molecule has 0 amide bonds. The van der Waals surface area contributed by atoms with Gasteiger partial charge in [-0.3, -0.25) is 10.9 Å². The van der Waals surface area contributed by atoms with Crippen molar-refractivity contribution >= 4 is 0 Å². The maximum atomic E-state index is 3.29. The molecule has 1 aromatic rings. The van der Waals surface area contributed by atoms with Gasteiger partial charge in [0.1, 0.15) is 0 Å². The molecule has 2 N–H and O–H groups in total. The van der Waals surface area contributed by atoms with Crippen LogP contribution >= 0.6 is 0 Å². The summed E-state index contributed by atoms with van der Waals surface area (Å²) in [6.07, 6.45) is 3.76. The van der Waals surface area contributed by atoms with Gasteiger partial charge in [-0.15, -0.1) is 0 Å². The molecule has 0 aromatic heterocycles. The van der Waals surface area contributed by atoms with Crippen LogP contribution in [0.25, 0.3) is 0 Å². The molecule has 1 atom stereocenters. The molecular weight excluding hydrogens is 160 g/mol. The van der Waals surface area contributed by atoms with E-state index in [1.165, 1.54) is 30.4 Å².